The van der Waals surface area contributed by atoms with Crippen LogP contribution in [0.15, 0.2) is 92.4 Å². The highest BCUT2D eigenvalue weighted by atomic mass is 127. The molecule has 1 aliphatic heterocycles. The molecule has 3 aromatic carbocycles. The fraction of sp³-hybridized carbons (Fsp3) is 0.120. The number of benzene rings is 3. The molecule has 5 heteroatoms. The van der Waals surface area contributed by atoms with E-state index in [4.69, 9.17) is 0 Å². The van der Waals surface area contributed by atoms with Crippen molar-refractivity contribution in [1.82, 2.24) is 12.6 Å². The van der Waals surface area contributed by atoms with Crippen molar-refractivity contribution in [2.24, 2.45) is 7.05 Å². The van der Waals surface area contributed by atoms with Crippen LogP contribution in [0.2, 0.25) is 0 Å². The standard InChI is InChI=1S/C25H24IN4/c1-3-28-12-13-30(26-18-28)17-23-9-5-7-21-14-20-6-4-8-22(24(20)15-25(21)23)16-29-11-10-27(2)19-29/h3-15,18-19H,1,16-17H2,2H3/q+1. The Balaban J connectivity index is 1.55. The van der Waals surface area contributed by atoms with Crippen LogP contribution in [0.3, 0.4) is 0 Å². The first-order valence-electron chi connectivity index (χ1n) is 9.96. The summed E-state index contributed by atoms with van der Waals surface area (Å²) in [5.74, 6) is 0. The van der Waals surface area contributed by atoms with Gasteiger partial charge in [0.15, 0.2) is 0 Å². The SMILES string of the molecule is C=CN1C=CN(Cc2cccc3cc4cccc(Cn5cc[n+](C)c5)c4cc23)I=C1. The highest BCUT2D eigenvalue weighted by Gasteiger charge is 2.11. The molecule has 0 aliphatic carbocycles. The maximum Gasteiger partial charge on any atom is 0.243 e. The highest BCUT2D eigenvalue weighted by molar-refractivity contribution is 14.2. The summed E-state index contributed by atoms with van der Waals surface area (Å²) in [4.78, 5) is 2.05. The van der Waals surface area contributed by atoms with Crippen molar-refractivity contribution in [3.63, 3.8) is 0 Å². The van der Waals surface area contributed by atoms with E-state index in [1.54, 1.807) is 0 Å². The summed E-state index contributed by atoms with van der Waals surface area (Å²) in [7, 11) is 2.06. The Morgan fingerprint density at radius 2 is 1.70 bits per heavy atom. The van der Waals surface area contributed by atoms with Gasteiger partial charge in [0.1, 0.15) is 18.9 Å². The van der Waals surface area contributed by atoms with Crippen molar-refractivity contribution in [2.75, 3.05) is 0 Å². The minimum atomic E-state index is -0.183. The number of aromatic nitrogens is 2. The van der Waals surface area contributed by atoms with E-state index in [2.05, 4.69) is 110 Å². The lowest BCUT2D eigenvalue weighted by atomic mass is 9.97. The molecule has 0 bridgehead atoms. The fourth-order valence-electron chi connectivity index (χ4n) is 3.92. The second-order valence-electron chi connectivity index (χ2n) is 7.56. The predicted octanol–water partition coefficient (Wildman–Crippen LogP) is 5.05. The first-order chi connectivity index (χ1) is 14.7. The van der Waals surface area contributed by atoms with Crippen LogP contribution in [-0.4, -0.2) is 16.7 Å². The molecule has 1 aliphatic rings. The molecule has 0 spiro atoms. The Morgan fingerprint density at radius 3 is 2.30 bits per heavy atom. The minimum absolute atomic E-state index is 0.183. The van der Waals surface area contributed by atoms with E-state index in [1.807, 2.05) is 11.1 Å². The van der Waals surface area contributed by atoms with E-state index in [-0.39, 0.29) is 21.0 Å². The molecule has 30 heavy (non-hydrogen) atoms. The number of fused-ring (bicyclic) bond motifs is 2. The maximum atomic E-state index is 3.84. The van der Waals surface area contributed by atoms with Gasteiger partial charge in [0.2, 0.25) is 6.33 Å². The Labute approximate surface area is 187 Å². The van der Waals surface area contributed by atoms with Crippen LogP contribution >= 0.6 is 21.0 Å². The average molecular weight is 507 g/mol. The smallest absolute Gasteiger partial charge is 0.243 e. The molecule has 2 heterocycles. The van der Waals surface area contributed by atoms with Crippen molar-refractivity contribution in [3.8, 4) is 0 Å². The fourth-order valence-corrected chi connectivity index (χ4v) is 5.84. The van der Waals surface area contributed by atoms with Gasteiger partial charge in [0.05, 0.1) is 17.7 Å². The highest BCUT2D eigenvalue weighted by Crippen LogP contribution is 2.30. The van der Waals surface area contributed by atoms with Crippen molar-refractivity contribution in [3.05, 3.63) is 104 Å². The first kappa shape index (κ1) is 19.1. The van der Waals surface area contributed by atoms with Crippen LogP contribution in [0.4, 0.5) is 0 Å². The Hall–Kier alpha value is -2.93. The molecule has 0 radical (unpaired) electrons. The van der Waals surface area contributed by atoms with Gasteiger partial charge in [-0.3, -0.25) is 0 Å². The molecule has 0 saturated carbocycles. The lowest BCUT2D eigenvalue weighted by Crippen LogP contribution is -2.23. The zero-order valence-corrected chi connectivity index (χ0v) is 19.1. The van der Waals surface area contributed by atoms with E-state index in [0.29, 0.717) is 0 Å². The van der Waals surface area contributed by atoms with Gasteiger partial charge in [-0.1, -0.05) is 43.0 Å². The summed E-state index contributed by atoms with van der Waals surface area (Å²) in [6.45, 7) is 5.65. The predicted molar refractivity (Wildman–Crippen MR) is 133 cm³/mol. The topological polar surface area (TPSA) is 15.3 Å². The van der Waals surface area contributed by atoms with Crippen LogP contribution < -0.4 is 4.57 Å². The lowest BCUT2D eigenvalue weighted by molar-refractivity contribution is -0.671. The molecular formula is C25H24IN4+. The normalized spacial score (nSPS) is 13.8. The molecule has 150 valence electrons. The molecule has 4 nitrogen and oxygen atoms in total. The van der Waals surface area contributed by atoms with E-state index in [1.165, 1.54) is 32.7 Å². The van der Waals surface area contributed by atoms with Gasteiger partial charge in [-0.25, -0.2) is 9.13 Å². The van der Waals surface area contributed by atoms with E-state index < -0.39 is 0 Å². The van der Waals surface area contributed by atoms with Crippen LogP contribution in [-0.2, 0) is 20.1 Å². The van der Waals surface area contributed by atoms with E-state index >= 15 is 0 Å². The van der Waals surface area contributed by atoms with Crippen molar-refractivity contribution >= 4 is 46.7 Å². The summed E-state index contributed by atoms with van der Waals surface area (Å²) in [6.07, 6.45) is 12.4. The third kappa shape index (κ3) is 3.77. The van der Waals surface area contributed by atoms with Crippen LogP contribution in [0.5, 0.6) is 0 Å². The lowest BCUT2D eigenvalue weighted by Gasteiger charge is -2.22. The zero-order valence-electron chi connectivity index (χ0n) is 16.9. The number of imidazole rings is 1. The Kier molecular flexibility index (Phi) is 5.12. The van der Waals surface area contributed by atoms with Gasteiger partial charge in [0.25, 0.3) is 0 Å². The molecule has 0 N–H and O–H groups in total. The maximum absolute atomic E-state index is 3.84. The Morgan fingerprint density at radius 1 is 0.967 bits per heavy atom. The van der Waals surface area contributed by atoms with Crippen molar-refractivity contribution in [2.45, 2.75) is 13.1 Å². The third-order valence-electron chi connectivity index (χ3n) is 5.45. The number of hydrogen-bond acceptors (Lipinski definition) is 2. The number of hydrogen-bond donors (Lipinski definition) is 0. The largest absolute Gasteiger partial charge is 0.323 e. The second-order valence-corrected chi connectivity index (χ2v) is 9.91. The molecule has 0 fully saturated rings. The quantitative estimate of drug-likeness (QED) is 0.163. The average Bonchev–Trinajstić information content (AvgIpc) is 3.18. The van der Waals surface area contributed by atoms with Gasteiger partial charge in [-0.15, -0.1) is 0 Å². The molecule has 4 aromatic rings. The van der Waals surface area contributed by atoms with Crippen molar-refractivity contribution < 1.29 is 4.57 Å². The minimum Gasteiger partial charge on any atom is -0.323 e. The zero-order chi connectivity index (χ0) is 20.5. The van der Waals surface area contributed by atoms with Gasteiger partial charge >= 0.3 is 0 Å². The molecule has 0 atom stereocenters. The monoisotopic (exact) mass is 507 g/mol. The molecule has 0 unspecified atom stereocenters. The number of aryl methyl sites for hydroxylation is 1. The third-order valence-corrected chi connectivity index (χ3v) is 7.72. The Bertz CT molecular complexity index is 1290. The van der Waals surface area contributed by atoms with Gasteiger partial charge in [-0.05, 0) is 39.2 Å². The van der Waals surface area contributed by atoms with E-state index in [0.717, 1.165) is 13.1 Å². The van der Waals surface area contributed by atoms with Crippen LogP contribution in [0.1, 0.15) is 11.1 Å². The van der Waals surface area contributed by atoms with Gasteiger partial charge in [0, 0.05) is 45.2 Å². The van der Waals surface area contributed by atoms with Gasteiger partial charge in [-0.2, -0.15) is 0 Å². The summed E-state index contributed by atoms with van der Waals surface area (Å²) in [5, 5.41) is 5.29. The molecule has 0 amide bonds. The van der Waals surface area contributed by atoms with Crippen molar-refractivity contribution in [1.29, 1.82) is 0 Å². The molecule has 5 rings (SSSR count). The van der Waals surface area contributed by atoms with Crippen LogP contribution in [0.25, 0.3) is 21.5 Å². The number of nitrogens with zero attached hydrogens (tertiary/aromatic N) is 4. The molecule has 0 saturated heterocycles. The number of rotatable bonds is 5. The van der Waals surface area contributed by atoms with Gasteiger partial charge < -0.3 is 8.01 Å². The summed E-state index contributed by atoms with van der Waals surface area (Å²) < 4.78 is 9.00. The molecule has 1 aromatic heterocycles. The molecular weight excluding hydrogens is 483 g/mol. The number of halogens is 1. The summed E-state index contributed by atoms with van der Waals surface area (Å²) in [6, 6.07) is 18.0. The summed E-state index contributed by atoms with van der Waals surface area (Å²) >= 11 is -0.183. The van der Waals surface area contributed by atoms with Crippen LogP contribution in [0, 0.1) is 0 Å². The second kappa shape index (κ2) is 8.07. The summed E-state index contributed by atoms with van der Waals surface area (Å²) in [5.41, 5.74) is 2.72. The van der Waals surface area contributed by atoms with E-state index in [9.17, 15) is 0 Å². The first-order valence-corrected chi connectivity index (χ1v) is 12.2.